The van der Waals surface area contributed by atoms with Crippen molar-refractivity contribution in [2.45, 2.75) is 77.0 Å². The summed E-state index contributed by atoms with van der Waals surface area (Å²) in [5.74, 6) is 1.05. The number of hydrogen-bond acceptors (Lipinski definition) is 4. The number of carbonyl (C=O) groups excluding carboxylic acids is 1. The third kappa shape index (κ3) is 4.75. The molecule has 5 heteroatoms. The highest BCUT2D eigenvalue weighted by Gasteiger charge is 2.40. The van der Waals surface area contributed by atoms with E-state index in [2.05, 4.69) is 30.6 Å². The number of hydrogen-bond donors (Lipinski definition) is 1. The van der Waals surface area contributed by atoms with E-state index in [9.17, 15) is 4.79 Å². The van der Waals surface area contributed by atoms with Crippen molar-refractivity contribution in [3.05, 3.63) is 0 Å². The lowest BCUT2D eigenvalue weighted by Crippen LogP contribution is -2.55. The van der Waals surface area contributed by atoms with Crippen molar-refractivity contribution in [3.8, 4) is 0 Å². The van der Waals surface area contributed by atoms with Crippen LogP contribution in [-0.4, -0.2) is 66.2 Å². The van der Waals surface area contributed by atoms with Crippen molar-refractivity contribution in [2.75, 3.05) is 32.7 Å². The van der Waals surface area contributed by atoms with Crippen LogP contribution in [-0.2, 0) is 9.53 Å². The molecule has 1 saturated carbocycles. The second-order valence-electron chi connectivity index (χ2n) is 9.05. The average molecular weight is 352 g/mol. The number of ether oxygens (including phenoxy) is 1. The number of morpholine rings is 1. The third-order valence-corrected chi connectivity index (χ3v) is 6.49. The topological polar surface area (TPSA) is 58.8 Å². The van der Waals surface area contributed by atoms with Gasteiger partial charge in [0.1, 0.15) is 0 Å². The lowest BCUT2D eigenvalue weighted by atomic mass is 9.73. The molecular weight excluding hydrogens is 314 g/mol. The fourth-order valence-electron chi connectivity index (χ4n) is 5.12. The predicted molar refractivity (Wildman–Crippen MR) is 100 cm³/mol. The number of likely N-dealkylation sites (tertiary alicyclic amines) is 1. The normalized spacial score (nSPS) is 38.7. The van der Waals surface area contributed by atoms with Crippen molar-refractivity contribution in [3.63, 3.8) is 0 Å². The molecule has 3 fully saturated rings. The molecule has 0 aromatic heterocycles. The smallest absolute Gasteiger partial charge is 0.227 e. The third-order valence-electron chi connectivity index (χ3n) is 6.49. The summed E-state index contributed by atoms with van der Waals surface area (Å²) in [6, 6.07) is 0. The molecule has 0 aromatic carbocycles. The summed E-state index contributed by atoms with van der Waals surface area (Å²) in [6.07, 6.45) is 7.17. The van der Waals surface area contributed by atoms with Crippen LogP contribution in [0.25, 0.3) is 0 Å². The summed E-state index contributed by atoms with van der Waals surface area (Å²) < 4.78 is 5.83. The molecule has 3 aliphatic rings. The van der Waals surface area contributed by atoms with Gasteiger partial charge in [-0.15, -0.1) is 0 Å². The van der Waals surface area contributed by atoms with Gasteiger partial charge in [0, 0.05) is 38.3 Å². The van der Waals surface area contributed by atoms with Crippen LogP contribution in [0.5, 0.6) is 0 Å². The number of piperidine rings is 1. The Hall–Kier alpha value is -0.650. The van der Waals surface area contributed by atoms with Gasteiger partial charge < -0.3 is 15.4 Å². The number of nitrogens with zero attached hydrogens (tertiary/aromatic N) is 2. The van der Waals surface area contributed by atoms with E-state index in [4.69, 9.17) is 10.5 Å². The van der Waals surface area contributed by atoms with E-state index in [1.54, 1.807) is 0 Å². The summed E-state index contributed by atoms with van der Waals surface area (Å²) in [6.45, 7) is 11.4. The molecule has 144 valence electrons. The van der Waals surface area contributed by atoms with Gasteiger partial charge in [0.2, 0.25) is 5.91 Å². The number of carbonyl (C=O) groups is 1. The molecule has 0 aromatic rings. The Kier molecular flexibility index (Phi) is 6.07. The zero-order valence-electron chi connectivity index (χ0n) is 16.4. The Morgan fingerprint density at radius 3 is 2.36 bits per heavy atom. The summed E-state index contributed by atoms with van der Waals surface area (Å²) in [4.78, 5) is 17.6. The number of amides is 1. The Balaban J connectivity index is 1.47. The van der Waals surface area contributed by atoms with E-state index in [0.717, 1.165) is 71.2 Å². The van der Waals surface area contributed by atoms with Crippen molar-refractivity contribution in [2.24, 2.45) is 17.6 Å². The van der Waals surface area contributed by atoms with Crippen LogP contribution in [0.2, 0.25) is 0 Å². The van der Waals surface area contributed by atoms with Crippen LogP contribution in [0, 0.1) is 11.8 Å². The summed E-state index contributed by atoms with van der Waals surface area (Å²) >= 11 is 0. The molecule has 0 radical (unpaired) electrons. The zero-order valence-corrected chi connectivity index (χ0v) is 16.4. The van der Waals surface area contributed by atoms with Crippen LogP contribution in [0.4, 0.5) is 0 Å². The van der Waals surface area contributed by atoms with Gasteiger partial charge in [0.15, 0.2) is 0 Å². The van der Waals surface area contributed by atoms with E-state index in [1.165, 1.54) is 0 Å². The highest BCUT2D eigenvalue weighted by Crippen LogP contribution is 2.34. The second-order valence-corrected chi connectivity index (χ2v) is 9.05. The van der Waals surface area contributed by atoms with Crippen LogP contribution in [0.15, 0.2) is 0 Å². The van der Waals surface area contributed by atoms with Gasteiger partial charge in [-0.1, -0.05) is 12.8 Å². The first kappa shape index (κ1) is 19.1. The molecule has 1 amide bonds. The van der Waals surface area contributed by atoms with Crippen molar-refractivity contribution in [1.29, 1.82) is 0 Å². The van der Waals surface area contributed by atoms with Crippen LogP contribution in [0.3, 0.4) is 0 Å². The maximum atomic E-state index is 13.0. The maximum Gasteiger partial charge on any atom is 0.227 e. The summed E-state index contributed by atoms with van der Waals surface area (Å²) in [5.41, 5.74) is 6.13. The van der Waals surface area contributed by atoms with Crippen molar-refractivity contribution >= 4 is 5.91 Å². The Labute approximate surface area is 153 Å². The van der Waals surface area contributed by atoms with Gasteiger partial charge in [-0.25, -0.2) is 0 Å². The van der Waals surface area contributed by atoms with Crippen molar-refractivity contribution in [1.82, 2.24) is 9.80 Å². The molecule has 2 saturated heterocycles. The predicted octanol–water partition coefficient (Wildman–Crippen LogP) is 2.24. The highest BCUT2D eigenvalue weighted by molar-refractivity contribution is 5.80. The molecule has 25 heavy (non-hydrogen) atoms. The summed E-state index contributed by atoms with van der Waals surface area (Å²) in [7, 11) is 0. The Morgan fingerprint density at radius 2 is 1.76 bits per heavy atom. The lowest BCUT2D eigenvalue weighted by Gasteiger charge is -2.43. The van der Waals surface area contributed by atoms with Gasteiger partial charge in [-0.05, 0) is 52.4 Å². The SMILES string of the molecule is CC1CN(CC2CCN(C(=O)C3CCCCC3(C)N)CC2)CC(C)O1. The van der Waals surface area contributed by atoms with Gasteiger partial charge in [-0.2, -0.15) is 0 Å². The Bertz CT molecular complexity index is 450. The van der Waals surface area contributed by atoms with Crippen LogP contribution >= 0.6 is 0 Å². The molecule has 4 unspecified atom stereocenters. The van der Waals surface area contributed by atoms with Gasteiger partial charge in [-0.3, -0.25) is 9.69 Å². The molecule has 0 spiro atoms. The van der Waals surface area contributed by atoms with Crippen molar-refractivity contribution < 1.29 is 9.53 Å². The van der Waals surface area contributed by atoms with Gasteiger partial charge >= 0.3 is 0 Å². The molecule has 5 nitrogen and oxygen atoms in total. The van der Waals surface area contributed by atoms with E-state index in [0.29, 0.717) is 24.0 Å². The maximum absolute atomic E-state index is 13.0. The fraction of sp³-hybridized carbons (Fsp3) is 0.950. The second kappa shape index (κ2) is 7.93. The molecule has 1 aliphatic carbocycles. The van der Waals surface area contributed by atoms with Gasteiger partial charge in [0.05, 0.1) is 18.1 Å². The molecular formula is C20H37N3O2. The fourth-order valence-corrected chi connectivity index (χ4v) is 5.12. The molecule has 2 heterocycles. The Morgan fingerprint density at radius 1 is 1.12 bits per heavy atom. The molecule has 2 aliphatic heterocycles. The molecule has 0 bridgehead atoms. The number of nitrogens with two attached hydrogens (primary N) is 1. The average Bonchev–Trinajstić information content (AvgIpc) is 2.53. The largest absolute Gasteiger partial charge is 0.373 e. The minimum absolute atomic E-state index is 0.0266. The van der Waals surface area contributed by atoms with Gasteiger partial charge in [0.25, 0.3) is 0 Å². The first-order valence-corrected chi connectivity index (χ1v) is 10.3. The number of rotatable bonds is 3. The van der Waals surface area contributed by atoms with Crippen LogP contribution < -0.4 is 5.73 Å². The van der Waals surface area contributed by atoms with E-state index >= 15 is 0 Å². The highest BCUT2D eigenvalue weighted by atomic mass is 16.5. The molecule has 4 atom stereocenters. The van der Waals surface area contributed by atoms with E-state index in [1.807, 2.05) is 0 Å². The van der Waals surface area contributed by atoms with E-state index < -0.39 is 0 Å². The monoisotopic (exact) mass is 351 g/mol. The zero-order chi connectivity index (χ0) is 18.0. The molecule has 2 N–H and O–H groups in total. The first-order chi connectivity index (χ1) is 11.8. The molecule has 3 rings (SSSR count). The van der Waals surface area contributed by atoms with Crippen LogP contribution in [0.1, 0.15) is 59.3 Å². The van der Waals surface area contributed by atoms with E-state index in [-0.39, 0.29) is 11.5 Å². The lowest BCUT2D eigenvalue weighted by molar-refractivity contribution is -0.140. The standard InChI is InChI=1S/C20H37N3O2/c1-15-12-22(13-16(2)25-15)14-17-7-10-23(11-8-17)19(24)18-6-4-5-9-20(18,3)21/h15-18H,4-14,21H2,1-3H3. The quantitative estimate of drug-likeness (QED) is 0.847. The first-order valence-electron chi connectivity index (χ1n) is 10.3. The minimum Gasteiger partial charge on any atom is -0.373 e. The minimum atomic E-state index is -0.313. The summed E-state index contributed by atoms with van der Waals surface area (Å²) in [5, 5.41) is 0.